The Bertz CT molecular complexity index is 623. The number of furan rings is 1. The van der Waals surface area contributed by atoms with Crippen molar-refractivity contribution in [2.75, 3.05) is 19.7 Å². The maximum absolute atomic E-state index is 12.4. The summed E-state index contributed by atoms with van der Waals surface area (Å²) < 4.78 is 7.44. The van der Waals surface area contributed by atoms with Crippen LogP contribution in [0.5, 0.6) is 0 Å². The molecule has 118 valence electrons. The summed E-state index contributed by atoms with van der Waals surface area (Å²) in [5.74, 6) is 0.557. The zero-order chi connectivity index (χ0) is 15.5. The monoisotopic (exact) mass is 305 g/mol. The van der Waals surface area contributed by atoms with E-state index in [1.54, 1.807) is 29.6 Å². The van der Waals surface area contributed by atoms with Gasteiger partial charge in [0.25, 0.3) is 5.91 Å². The van der Waals surface area contributed by atoms with Gasteiger partial charge in [0.05, 0.1) is 19.0 Å². The summed E-state index contributed by atoms with van der Waals surface area (Å²) in [7, 11) is 0. The van der Waals surface area contributed by atoms with Gasteiger partial charge in [-0.3, -0.25) is 4.79 Å². The van der Waals surface area contributed by atoms with Gasteiger partial charge < -0.3 is 24.1 Å². The number of amides is 1. The lowest BCUT2D eigenvalue weighted by atomic mass is 9.94. The van der Waals surface area contributed by atoms with Crippen molar-refractivity contribution in [3.8, 4) is 0 Å². The van der Waals surface area contributed by atoms with E-state index < -0.39 is 6.10 Å². The first-order chi connectivity index (χ1) is 10.7. The van der Waals surface area contributed by atoms with E-state index in [1.165, 1.54) is 0 Å². The quantitative estimate of drug-likeness (QED) is 0.850. The second-order valence-electron chi connectivity index (χ2n) is 5.55. The minimum Gasteiger partial charge on any atom is -0.454 e. The Kier molecular flexibility index (Phi) is 4.26. The van der Waals surface area contributed by atoms with Crippen molar-refractivity contribution in [2.45, 2.75) is 19.1 Å². The fraction of sp³-hybridized carbons (Fsp3) is 0.467. The van der Waals surface area contributed by atoms with Crippen LogP contribution < -0.4 is 0 Å². The minimum atomic E-state index is -0.692. The molecule has 3 rings (SSSR count). The van der Waals surface area contributed by atoms with Crippen LogP contribution >= 0.6 is 0 Å². The number of piperidine rings is 1. The Morgan fingerprint density at radius 3 is 3.00 bits per heavy atom. The summed E-state index contributed by atoms with van der Waals surface area (Å²) in [6.45, 7) is 1.20. The molecule has 0 unspecified atom stereocenters. The summed E-state index contributed by atoms with van der Waals surface area (Å²) in [4.78, 5) is 17.9. The van der Waals surface area contributed by atoms with Crippen LogP contribution in [0.25, 0.3) is 0 Å². The van der Waals surface area contributed by atoms with E-state index in [4.69, 9.17) is 9.52 Å². The van der Waals surface area contributed by atoms with Crippen LogP contribution in [-0.4, -0.2) is 56.4 Å². The number of aliphatic hydroxyl groups is 2. The SMILES string of the molecule is O=C(c1ccc(Cn2ccnc2)o1)N1CC[C@H](CO)[C@@H](O)C1. The predicted octanol–water partition coefficient (Wildman–Crippen LogP) is 0.340. The largest absolute Gasteiger partial charge is 0.454 e. The van der Waals surface area contributed by atoms with E-state index in [2.05, 4.69) is 4.98 Å². The lowest BCUT2D eigenvalue weighted by Crippen LogP contribution is -2.47. The van der Waals surface area contributed by atoms with Gasteiger partial charge in [-0.15, -0.1) is 0 Å². The first-order valence-electron chi connectivity index (χ1n) is 7.30. The molecule has 1 aliphatic heterocycles. The molecule has 1 aliphatic rings. The number of aromatic nitrogens is 2. The van der Waals surface area contributed by atoms with Crippen LogP contribution in [0.2, 0.25) is 0 Å². The van der Waals surface area contributed by atoms with Crippen LogP contribution in [0.15, 0.2) is 35.3 Å². The van der Waals surface area contributed by atoms with Gasteiger partial charge in [0.2, 0.25) is 0 Å². The molecule has 22 heavy (non-hydrogen) atoms. The van der Waals surface area contributed by atoms with Crippen LogP contribution in [0.3, 0.4) is 0 Å². The van der Waals surface area contributed by atoms with Gasteiger partial charge in [0, 0.05) is 38.0 Å². The van der Waals surface area contributed by atoms with Gasteiger partial charge in [-0.05, 0) is 18.6 Å². The average Bonchev–Trinajstić information content (AvgIpc) is 3.19. The molecule has 1 saturated heterocycles. The number of hydrogen-bond donors (Lipinski definition) is 2. The Hall–Kier alpha value is -2.12. The van der Waals surface area contributed by atoms with Crippen molar-refractivity contribution in [1.82, 2.24) is 14.5 Å². The number of likely N-dealkylation sites (tertiary alicyclic amines) is 1. The van der Waals surface area contributed by atoms with Crippen LogP contribution in [0.4, 0.5) is 0 Å². The smallest absolute Gasteiger partial charge is 0.289 e. The number of imidazole rings is 1. The van der Waals surface area contributed by atoms with Crippen molar-refractivity contribution in [2.24, 2.45) is 5.92 Å². The van der Waals surface area contributed by atoms with Gasteiger partial charge in [-0.1, -0.05) is 0 Å². The van der Waals surface area contributed by atoms with E-state index in [9.17, 15) is 9.90 Å². The maximum Gasteiger partial charge on any atom is 0.289 e. The molecule has 3 heterocycles. The third-order valence-electron chi connectivity index (χ3n) is 4.01. The fourth-order valence-corrected chi connectivity index (χ4v) is 2.67. The van der Waals surface area contributed by atoms with Crippen molar-refractivity contribution >= 4 is 5.91 Å². The number of β-amino-alcohol motifs (C(OH)–C–C–N with tert-alkyl or cyclic N) is 1. The average molecular weight is 305 g/mol. The van der Waals surface area contributed by atoms with E-state index in [0.29, 0.717) is 25.3 Å². The molecule has 0 aliphatic carbocycles. The number of aliphatic hydroxyl groups excluding tert-OH is 2. The molecular formula is C15H19N3O4. The lowest BCUT2D eigenvalue weighted by molar-refractivity contribution is -0.000279. The summed E-state index contributed by atoms with van der Waals surface area (Å²) in [5, 5.41) is 19.1. The van der Waals surface area contributed by atoms with Gasteiger partial charge in [-0.25, -0.2) is 4.98 Å². The molecule has 1 fully saturated rings. The Labute approximate surface area is 127 Å². The van der Waals surface area contributed by atoms with Gasteiger partial charge in [-0.2, -0.15) is 0 Å². The Balaban J connectivity index is 1.64. The molecule has 7 nitrogen and oxygen atoms in total. The maximum atomic E-state index is 12.4. The van der Waals surface area contributed by atoms with Gasteiger partial charge >= 0.3 is 0 Å². The highest BCUT2D eigenvalue weighted by Gasteiger charge is 2.31. The molecule has 2 aromatic heterocycles. The first-order valence-corrected chi connectivity index (χ1v) is 7.30. The van der Waals surface area contributed by atoms with Crippen LogP contribution in [0.1, 0.15) is 22.7 Å². The van der Waals surface area contributed by atoms with Crippen molar-refractivity contribution in [1.29, 1.82) is 0 Å². The second kappa shape index (κ2) is 6.33. The van der Waals surface area contributed by atoms with E-state index in [-0.39, 0.29) is 30.7 Å². The molecule has 2 atom stereocenters. The molecule has 0 bridgehead atoms. The second-order valence-corrected chi connectivity index (χ2v) is 5.55. The standard InChI is InChI=1S/C15H19N3O4/c19-9-11-3-5-18(8-13(11)20)15(21)14-2-1-12(22-14)7-17-6-4-16-10-17/h1-2,4,6,10-11,13,19-20H,3,5,7-9H2/t11-,13+/m1/s1. The Morgan fingerprint density at radius 2 is 2.32 bits per heavy atom. The molecule has 0 aromatic carbocycles. The van der Waals surface area contributed by atoms with Crippen LogP contribution in [0, 0.1) is 5.92 Å². The van der Waals surface area contributed by atoms with Gasteiger partial charge in [0.15, 0.2) is 5.76 Å². The molecule has 1 amide bonds. The highest BCUT2D eigenvalue weighted by Crippen LogP contribution is 2.20. The molecule has 0 radical (unpaired) electrons. The molecule has 2 N–H and O–H groups in total. The van der Waals surface area contributed by atoms with Crippen molar-refractivity contribution < 1.29 is 19.4 Å². The van der Waals surface area contributed by atoms with E-state index >= 15 is 0 Å². The Morgan fingerprint density at radius 1 is 1.45 bits per heavy atom. The summed E-state index contributed by atoms with van der Waals surface area (Å²) in [5.41, 5.74) is 0. The fourth-order valence-electron chi connectivity index (χ4n) is 2.67. The number of hydrogen-bond acceptors (Lipinski definition) is 5. The van der Waals surface area contributed by atoms with E-state index in [0.717, 1.165) is 0 Å². The predicted molar refractivity (Wildman–Crippen MR) is 77.1 cm³/mol. The third-order valence-corrected chi connectivity index (χ3v) is 4.01. The summed E-state index contributed by atoms with van der Waals surface area (Å²) in [6, 6.07) is 3.42. The van der Waals surface area contributed by atoms with Gasteiger partial charge in [0.1, 0.15) is 5.76 Å². The number of nitrogens with zero attached hydrogens (tertiary/aromatic N) is 3. The number of carbonyl (C=O) groups is 1. The topological polar surface area (TPSA) is 91.7 Å². The normalized spacial score (nSPS) is 22.0. The first kappa shape index (κ1) is 14.8. The molecule has 2 aromatic rings. The van der Waals surface area contributed by atoms with Crippen molar-refractivity contribution in [3.05, 3.63) is 42.4 Å². The number of rotatable bonds is 4. The molecule has 0 saturated carbocycles. The highest BCUT2D eigenvalue weighted by atomic mass is 16.4. The van der Waals surface area contributed by atoms with Crippen LogP contribution in [-0.2, 0) is 6.54 Å². The zero-order valence-corrected chi connectivity index (χ0v) is 12.1. The minimum absolute atomic E-state index is 0.0565. The summed E-state index contributed by atoms with van der Waals surface area (Å²) in [6.07, 6.45) is 5.08. The lowest BCUT2D eigenvalue weighted by Gasteiger charge is -2.34. The summed E-state index contributed by atoms with van der Waals surface area (Å²) >= 11 is 0. The highest BCUT2D eigenvalue weighted by molar-refractivity contribution is 5.91. The zero-order valence-electron chi connectivity index (χ0n) is 12.1. The third kappa shape index (κ3) is 3.05. The molecule has 0 spiro atoms. The van der Waals surface area contributed by atoms with E-state index in [1.807, 2.05) is 10.8 Å². The molecular weight excluding hydrogens is 286 g/mol. The molecule has 7 heteroatoms. The van der Waals surface area contributed by atoms with Crippen molar-refractivity contribution in [3.63, 3.8) is 0 Å². The number of carbonyl (C=O) groups excluding carboxylic acids is 1.